The average Bonchev–Trinajstić information content (AvgIpc) is 2.72. The number of aromatic nitrogens is 1. The van der Waals surface area contributed by atoms with E-state index >= 15 is 0 Å². The average molecular weight is 181 g/mol. The van der Waals surface area contributed by atoms with Gasteiger partial charge in [0.15, 0.2) is 5.01 Å². The topological polar surface area (TPSA) is 12.9 Å². The summed E-state index contributed by atoms with van der Waals surface area (Å²) in [6.45, 7) is 0. The molecule has 2 rings (SSSR count). The van der Waals surface area contributed by atoms with E-state index in [1.165, 1.54) is 12.8 Å². The molecule has 1 aromatic heterocycles. The quantitative estimate of drug-likeness (QED) is 0.478. The number of nitrogens with zero attached hydrogens (tertiary/aromatic N) is 1. The normalized spacial score (nSPS) is 15.7. The molecule has 1 saturated carbocycles. The number of thiol groups is 1. The first-order valence-electron chi connectivity index (χ1n) is 3.50. The largest absolute Gasteiger partial charge is 0.222 e. The van der Waals surface area contributed by atoms with Crippen molar-refractivity contribution in [1.29, 1.82) is 0 Å². The van der Waals surface area contributed by atoms with Gasteiger partial charge in [0.1, 0.15) is 5.03 Å². The van der Waals surface area contributed by atoms with Crippen molar-refractivity contribution in [2.75, 3.05) is 0 Å². The van der Waals surface area contributed by atoms with Crippen molar-refractivity contribution in [3.63, 3.8) is 0 Å². The van der Waals surface area contributed by atoms with Gasteiger partial charge in [-0.15, -0.1) is 24.0 Å². The van der Waals surface area contributed by atoms with Gasteiger partial charge in [-0.25, -0.2) is 4.98 Å². The van der Waals surface area contributed by atoms with E-state index in [1.807, 2.05) is 5.38 Å². The van der Waals surface area contributed by atoms with Crippen LogP contribution in [0.4, 0.5) is 0 Å². The summed E-state index contributed by atoms with van der Waals surface area (Å²) in [7, 11) is 0. The molecular weight excluding hydrogens is 174 g/mol. The van der Waals surface area contributed by atoms with E-state index in [2.05, 4.69) is 29.5 Å². The molecule has 0 aliphatic heterocycles. The molecule has 3 heteroatoms. The van der Waals surface area contributed by atoms with E-state index < -0.39 is 0 Å². The Labute approximate surface area is 75.3 Å². The van der Waals surface area contributed by atoms with Crippen LogP contribution in [0.1, 0.15) is 17.8 Å². The van der Waals surface area contributed by atoms with Crippen LogP contribution in [-0.4, -0.2) is 4.98 Å². The molecule has 0 amide bonds. The molecule has 0 radical (unpaired) electrons. The van der Waals surface area contributed by atoms with Gasteiger partial charge in [-0.3, -0.25) is 0 Å². The maximum absolute atomic E-state index is 4.12. The van der Waals surface area contributed by atoms with Crippen LogP contribution in [0.3, 0.4) is 0 Å². The highest BCUT2D eigenvalue weighted by molar-refractivity contribution is 7.80. The summed E-state index contributed by atoms with van der Waals surface area (Å²) in [5.74, 6) is 6.84. The third-order valence-corrected chi connectivity index (χ3v) is 2.61. The maximum Gasteiger partial charge on any atom is 0.168 e. The SMILES string of the molecule is Sc1csc(C#CC2CC2)n1. The Morgan fingerprint density at radius 2 is 2.45 bits per heavy atom. The molecule has 0 unspecified atom stereocenters. The zero-order valence-corrected chi connectivity index (χ0v) is 7.58. The van der Waals surface area contributed by atoms with Gasteiger partial charge >= 0.3 is 0 Å². The molecule has 0 aromatic carbocycles. The second-order valence-electron chi connectivity index (χ2n) is 2.55. The summed E-state index contributed by atoms with van der Waals surface area (Å²) in [6, 6.07) is 0. The number of hydrogen-bond donors (Lipinski definition) is 1. The van der Waals surface area contributed by atoms with Crippen molar-refractivity contribution in [2.45, 2.75) is 17.9 Å². The minimum Gasteiger partial charge on any atom is -0.222 e. The minimum atomic E-state index is 0.655. The Balaban J connectivity index is 2.12. The lowest BCUT2D eigenvalue weighted by Crippen LogP contribution is -1.70. The van der Waals surface area contributed by atoms with Gasteiger partial charge in [0.2, 0.25) is 0 Å². The van der Waals surface area contributed by atoms with E-state index in [9.17, 15) is 0 Å². The summed E-state index contributed by atoms with van der Waals surface area (Å²) in [4.78, 5) is 4.12. The van der Waals surface area contributed by atoms with Crippen molar-refractivity contribution in [1.82, 2.24) is 4.98 Å². The fourth-order valence-electron chi connectivity index (χ4n) is 0.714. The highest BCUT2D eigenvalue weighted by Gasteiger charge is 2.17. The molecule has 1 fully saturated rings. The second-order valence-corrected chi connectivity index (χ2v) is 3.87. The maximum atomic E-state index is 4.12. The van der Waals surface area contributed by atoms with Crippen LogP contribution < -0.4 is 0 Å². The molecule has 11 heavy (non-hydrogen) atoms. The Hall–Kier alpha value is -0.460. The molecule has 0 spiro atoms. The van der Waals surface area contributed by atoms with Crippen LogP contribution in [0.15, 0.2) is 10.4 Å². The molecule has 0 atom stereocenters. The summed E-state index contributed by atoms with van der Waals surface area (Å²) in [5, 5.41) is 3.57. The summed E-state index contributed by atoms with van der Waals surface area (Å²) in [5.41, 5.74) is 0. The fourth-order valence-corrected chi connectivity index (χ4v) is 1.58. The van der Waals surface area contributed by atoms with Crippen LogP contribution in [0, 0.1) is 17.8 Å². The van der Waals surface area contributed by atoms with Crippen molar-refractivity contribution < 1.29 is 0 Å². The molecule has 56 valence electrons. The first-order chi connectivity index (χ1) is 5.34. The van der Waals surface area contributed by atoms with Crippen LogP contribution in [0.5, 0.6) is 0 Å². The van der Waals surface area contributed by atoms with Gasteiger partial charge in [0, 0.05) is 11.3 Å². The van der Waals surface area contributed by atoms with Gasteiger partial charge < -0.3 is 0 Å². The standard InChI is InChI=1S/C8H7NS2/c10-7-5-11-8(9-7)4-3-6-1-2-6/h5-6,10H,1-2H2. The van der Waals surface area contributed by atoms with Gasteiger partial charge in [-0.05, 0) is 18.8 Å². The number of thiazole rings is 1. The second kappa shape index (κ2) is 2.88. The Morgan fingerprint density at radius 1 is 1.64 bits per heavy atom. The van der Waals surface area contributed by atoms with Crippen LogP contribution in [0.2, 0.25) is 0 Å². The van der Waals surface area contributed by atoms with Crippen molar-refractivity contribution >= 4 is 24.0 Å². The smallest absolute Gasteiger partial charge is 0.168 e. The van der Waals surface area contributed by atoms with Crippen LogP contribution in [0.25, 0.3) is 0 Å². The predicted molar refractivity (Wildman–Crippen MR) is 49.0 cm³/mol. The Bertz CT molecular complexity index is 314. The molecule has 0 bridgehead atoms. The van der Waals surface area contributed by atoms with E-state index in [0.29, 0.717) is 5.92 Å². The molecule has 1 aliphatic rings. The van der Waals surface area contributed by atoms with Crippen LogP contribution in [-0.2, 0) is 0 Å². The Kier molecular flexibility index (Phi) is 1.89. The van der Waals surface area contributed by atoms with Crippen LogP contribution >= 0.6 is 24.0 Å². The van der Waals surface area contributed by atoms with E-state index in [4.69, 9.17) is 0 Å². The lowest BCUT2D eigenvalue weighted by molar-refractivity contribution is 1.17. The van der Waals surface area contributed by atoms with Crippen molar-refractivity contribution in [3.05, 3.63) is 10.4 Å². The monoisotopic (exact) mass is 181 g/mol. The van der Waals surface area contributed by atoms with E-state index in [-0.39, 0.29) is 0 Å². The molecule has 1 nitrogen and oxygen atoms in total. The summed E-state index contributed by atoms with van der Waals surface area (Å²) < 4.78 is 0. The van der Waals surface area contributed by atoms with Gasteiger partial charge in [-0.2, -0.15) is 0 Å². The highest BCUT2D eigenvalue weighted by Crippen LogP contribution is 2.27. The van der Waals surface area contributed by atoms with Crippen molar-refractivity contribution in [3.8, 4) is 11.8 Å². The van der Waals surface area contributed by atoms with Gasteiger partial charge in [0.25, 0.3) is 0 Å². The van der Waals surface area contributed by atoms with Gasteiger partial charge in [0.05, 0.1) is 0 Å². The molecule has 1 aromatic rings. The number of hydrogen-bond acceptors (Lipinski definition) is 3. The molecule has 0 N–H and O–H groups in total. The Morgan fingerprint density at radius 3 is 3.00 bits per heavy atom. The summed E-state index contributed by atoms with van der Waals surface area (Å²) in [6.07, 6.45) is 2.54. The van der Waals surface area contributed by atoms with Gasteiger partial charge in [-0.1, -0.05) is 5.92 Å². The lowest BCUT2D eigenvalue weighted by Gasteiger charge is -1.74. The minimum absolute atomic E-state index is 0.655. The summed E-state index contributed by atoms with van der Waals surface area (Å²) >= 11 is 5.66. The zero-order chi connectivity index (χ0) is 7.68. The fraction of sp³-hybridized carbons (Fsp3) is 0.375. The molecule has 1 aliphatic carbocycles. The first kappa shape index (κ1) is 7.20. The lowest BCUT2D eigenvalue weighted by atomic mass is 10.4. The number of rotatable bonds is 0. The molecular formula is C8H7NS2. The predicted octanol–water partition coefficient (Wildman–Crippen LogP) is 2.19. The third-order valence-electron chi connectivity index (χ3n) is 1.45. The first-order valence-corrected chi connectivity index (χ1v) is 4.83. The van der Waals surface area contributed by atoms with E-state index in [1.54, 1.807) is 11.3 Å². The molecule has 1 heterocycles. The van der Waals surface area contributed by atoms with E-state index in [0.717, 1.165) is 10.0 Å². The zero-order valence-electron chi connectivity index (χ0n) is 5.87. The van der Waals surface area contributed by atoms with Crippen molar-refractivity contribution in [2.24, 2.45) is 5.92 Å². The highest BCUT2D eigenvalue weighted by atomic mass is 32.1. The third kappa shape index (κ3) is 1.98. The molecule has 0 saturated heterocycles.